The van der Waals surface area contributed by atoms with Gasteiger partial charge in [0.25, 0.3) is 5.56 Å². The van der Waals surface area contributed by atoms with Crippen LogP contribution in [0, 0.1) is 19.8 Å². The summed E-state index contributed by atoms with van der Waals surface area (Å²) in [5.74, 6) is 1.92. The lowest BCUT2D eigenvalue weighted by Gasteiger charge is -2.42. The van der Waals surface area contributed by atoms with E-state index in [1.807, 2.05) is 23.8 Å². The first kappa shape index (κ1) is 16.3. The summed E-state index contributed by atoms with van der Waals surface area (Å²) in [5, 5.41) is 0. The first-order valence-electron chi connectivity index (χ1n) is 8.98. The number of methoxy groups -OCH3 is 1. The summed E-state index contributed by atoms with van der Waals surface area (Å²) in [4.78, 5) is 19.3. The van der Waals surface area contributed by atoms with Gasteiger partial charge in [-0.25, -0.2) is 0 Å². The van der Waals surface area contributed by atoms with E-state index in [4.69, 9.17) is 4.74 Å². The molecule has 5 nitrogen and oxygen atoms in total. The first-order valence-corrected chi connectivity index (χ1v) is 8.98. The fourth-order valence-electron chi connectivity index (χ4n) is 4.57. The molecule has 132 valence electrons. The standard InChI is InChI=1S/C20H25N3O2/c1-13-8-21-17(14(2)20(13)25-3)12-22-9-15-7-16(11-22)18-5-4-6-19(24)23(18)10-15/h4-6,8,15-16H,7,9-12H2,1-3H3. The zero-order chi connectivity index (χ0) is 17.6. The molecule has 2 aromatic heterocycles. The van der Waals surface area contributed by atoms with Crippen LogP contribution in [0.2, 0.25) is 0 Å². The van der Waals surface area contributed by atoms with Gasteiger partial charge in [0, 0.05) is 61.2 Å². The van der Waals surface area contributed by atoms with Gasteiger partial charge >= 0.3 is 0 Å². The Morgan fingerprint density at radius 2 is 2.08 bits per heavy atom. The molecule has 0 N–H and O–H groups in total. The van der Waals surface area contributed by atoms with Crippen LogP contribution >= 0.6 is 0 Å². The number of ether oxygens (including phenoxy) is 1. The molecule has 2 atom stereocenters. The number of rotatable bonds is 3. The van der Waals surface area contributed by atoms with E-state index in [1.165, 1.54) is 12.1 Å². The van der Waals surface area contributed by atoms with E-state index in [0.717, 1.165) is 48.7 Å². The van der Waals surface area contributed by atoms with Crippen molar-refractivity contribution in [1.82, 2.24) is 14.5 Å². The number of aryl methyl sites for hydroxylation is 1. The Kier molecular flexibility index (Phi) is 4.12. The fourth-order valence-corrected chi connectivity index (χ4v) is 4.57. The largest absolute Gasteiger partial charge is 0.496 e. The number of likely N-dealkylation sites (tertiary alicyclic amines) is 1. The van der Waals surface area contributed by atoms with E-state index in [9.17, 15) is 4.79 Å². The van der Waals surface area contributed by atoms with Crippen molar-refractivity contribution in [2.45, 2.75) is 39.3 Å². The molecule has 0 saturated carbocycles. The summed E-state index contributed by atoms with van der Waals surface area (Å²) >= 11 is 0. The Balaban J connectivity index is 1.58. The Hall–Kier alpha value is -2.14. The van der Waals surface area contributed by atoms with E-state index < -0.39 is 0 Å². The number of nitrogens with zero attached hydrogens (tertiary/aromatic N) is 3. The maximum atomic E-state index is 12.1. The number of fused-ring (bicyclic) bond motifs is 4. The smallest absolute Gasteiger partial charge is 0.250 e. The van der Waals surface area contributed by atoms with Gasteiger partial charge in [-0.05, 0) is 32.3 Å². The minimum atomic E-state index is 0.140. The molecule has 2 aliphatic heterocycles. The lowest BCUT2D eigenvalue weighted by molar-refractivity contribution is 0.113. The normalized spacial score (nSPS) is 22.5. The molecule has 2 aromatic rings. The van der Waals surface area contributed by atoms with Crippen LogP contribution in [0.15, 0.2) is 29.2 Å². The zero-order valence-electron chi connectivity index (χ0n) is 15.2. The summed E-state index contributed by atoms with van der Waals surface area (Å²) in [6.45, 7) is 7.81. The van der Waals surface area contributed by atoms with Crippen LogP contribution < -0.4 is 10.3 Å². The molecular weight excluding hydrogens is 314 g/mol. The molecule has 0 amide bonds. The van der Waals surface area contributed by atoms with E-state index in [-0.39, 0.29) is 5.56 Å². The molecule has 4 rings (SSSR count). The van der Waals surface area contributed by atoms with Crippen LogP contribution in [0.25, 0.3) is 0 Å². The van der Waals surface area contributed by atoms with Gasteiger partial charge in [0.05, 0.1) is 12.8 Å². The van der Waals surface area contributed by atoms with E-state index in [0.29, 0.717) is 11.8 Å². The highest BCUT2D eigenvalue weighted by molar-refractivity contribution is 5.41. The van der Waals surface area contributed by atoms with Crippen LogP contribution in [0.1, 0.15) is 34.9 Å². The van der Waals surface area contributed by atoms with Crippen LogP contribution in [-0.4, -0.2) is 34.7 Å². The van der Waals surface area contributed by atoms with Crippen molar-refractivity contribution < 1.29 is 4.74 Å². The van der Waals surface area contributed by atoms with Gasteiger partial charge in [-0.2, -0.15) is 0 Å². The highest BCUT2D eigenvalue weighted by Gasteiger charge is 2.34. The summed E-state index contributed by atoms with van der Waals surface area (Å²) in [6.07, 6.45) is 3.09. The third kappa shape index (κ3) is 2.86. The van der Waals surface area contributed by atoms with E-state index in [2.05, 4.69) is 22.9 Å². The highest BCUT2D eigenvalue weighted by atomic mass is 16.5. The quantitative estimate of drug-likeness (QED) is 0.862. The molecule has 2 aliphatic rings. The molecule has 0 aliphatic carbocycles. The van der Waals surface area contributed by atoms with Gasteiger partial charge in [0.15, 0.2) is 0 Å². The summed E-state index contributed by atoms with van der Waals surface area (Å²) in [6, 6.07) is 5.68. The van der Waals surface area contributed by atoms with Gasteiger partial charge in [0.2, 0.25) is 0 Å². The number of hydrogen-bond acceptors (Lipinski definition) is 4. The molecule has 0 spiro atoms. The van der Waals surface area contributed by atoms with Gasteiger partial charge in [-0.15, -0.1) is 0 Å². The molecule has 0 radical (unpaired) electrons. The van der Waals surface area contributed by atoms with Crippen LogP contribution in [0.5, 0.6) is 5.75 Å². The Morgan fingerprint density at radius 1 is 1.24 bits per heavy atom. The highest BCUT2D eigenvalue weighted by Crippen LogP contribution is 2.36. The number of pyridine rings is 2. The number of hydrogen-bond donors (Lipinski definition) is 0. The molecule has 1 fully saturated rings. The topological polar surface area (TPSA) is 47.4 Å². The summed E-state index contributed by atoms with van der Waals surface area (Å²) < 4.78 is 7.52. The van der Waals surface area contributed by atoms with Crippen molar-refractivity contribution >= 4 is 0 Å². The maximum absolute atomic E-state index is 12.1. The van der Waals surface area contributed by atoms with Crippen LogP contribution in [0.4, 0.5) is 0 Å². The molecular formula is C20H25N3O2. The van der Waals surface area contributed by atoms with Crippen molar-refractivity contribution in [1.29, 1.82) is 0 Å². The SMILES string of the molecule is COc1c(C)cnc(CN2CC3CC(C2)c2cccc(=O)n2C3)c1C. The molecule has 2 unspecified atom stereocenters. The fraction of sp³-hybridized carbons (Fsp3) is 0.500. The Labute approximate surface area is 148 Å². The zero-order valence-corrected chi connectivity index (χ0v) is 15.2. The van der Waals surface area contributed by atoms with Gasteiger partial charge in [0.1, 0.15) is 5.75 Å². The predicted molar refractivity (Wildman–Crippen MR) is 97.1 cm³/mol. The van der Waals surface area contributed by atoms with Crippen molar-refractivity contribution in [3.63, 3.8) is 0 Å². The minimum Gasteiger partial charge on any atom is -0.496 e. The average molecular weight is 339 g/mol. The molecule has 0 aromatic carbocycles. The predicted octanol–water partition coefficient (Wildman–Crippen LogP) is 2.49. The van der Waals surface area contributed by atoms with Crippen LogP contribution in [0.3, 0.4) is 0 Å². The minimum absolute atomic E-state index is 0.140. The Bertz CT molecular complexity index is 859. The third-order valence-electron chi connectivity index (χ3n) is 5.68. The number of piperidine rings is 1. The summed E-state index contributed by atoms with van der Waals surface area (Å²) in [5.41, 5.74) is 4.64. The number of aromatic nitrogens is 2. The lowest BCUT2D eigenvalue weighted by Crippen LogP contribution is -2.46. The van der Waals surface area contributed by atoms with Crippen molar-refractivity contribution in [3.05, 3.63) is 57.3 Å². The third-order valence-corrected chi connectivity index (χ3v) is 5.68. The monoisotopic (exact) mass is 339 g/mol. The second-order valence-corrected chi connectivity index (χ2v) is 7.44. The van der Waals surface area contributed by atoms with Gasteiger partial charge in [-0.3, -0.25) is 14.7 Å². The van der Waals surface area contributed by atoms with Gasteiger partial charge < -0.3 is 9.30 Å². The summed E-state index contributed by atoms with van der Waals surface area (Å²) in [7, 11) is 1.72. The van der Waals surface area contributed by atoms with Crippen molar-refractivity contribution in [2.24, 2.45) is 5.92 Å². The molecule has 2 bridgehead atoms. The molecule has 25 heavy (non-hydrogen) atoms. The first-order chi connectivity index (χ1) is 12.1. The Morgan fingerprint density at radius 3 is 2.88 bits per heavy atom. The second kappa shape index (κ2) is 6.30. The van der Waals surface area contributed by atoms with Crippen molar-refractivity contribution in [2.75, 3.05) is 20.2 Å². The average Bonchev–Trinajstić information content (AvgIpc) is 2.59. The molecule has 4 heterocycles. The van der Waals surface area contributed by atoms with E-state index in [1.54, 1.807) is 13.2 Å². The lowest BCUT2D eigenvalue weighted by atomic mass is 9.83. The van der Waals surface area contributed by atoms with Crippen molar-refractivity contribution in [3.8, 4) is 5.75 Å². The maximum Gasteiger partial charge on any atom is 0.250 e. The second-order valence-electron chi connectivity index (χ2n) is 7.44. The van der Waals surface area contributed by atoms with E-state index >= 15 is 0 Å². The molecule has 5 heteroatoms. The van der Waals surface area contributed by atoms with Crippen LogP contribution in [-0.2, 0) is 13.1 Å². The molecule has 1 saturated heterocycles. The van der Waals surface area contributed by atoms with Gasteiger partial charge in [-0.1, -0.05) is 6.07 Å².